The van der Waals surface area contributed by atoms with Crippen LogP contribution in [0, 0.1) is 0 Å². The van der Waals surface area contributed by atoms with Crippen LogP contribution in [-0.2, 0) is 9.68 Å². The maximum absolute atomic E-state index is 5.48. The molecule has 5 rings (SSSR count). The van der Waals surface area contributed by atoms with Gasteiger partial charge in [0.25, 0.3) is 0 Å². The van der Waals surface area contributed by atoms with Gasteiger partial charge in [0.05, 0.1) is 18.3 Å². The van der Waals surface area contributed by atoms with Crippen LogP contribution in [0.15, 0.2) is 77.0 Å². The van der Waals surface area contributed by atoms with Gasteiger partial charge in [-0.3, -0.25) is 0 Å². The number of fused-ring (bicyclic) bond motifs is 5. The number of nitrogens with zero attached hydrogens (tertiary/aromatic N) is 3. The molecule has 0 radical (unpaired) electrons. The van der Waals surface area contributed by atoms with Crippen molar-refractivity contribution in [3.8, 4) is 16.9 Å². The van der Waals surface area contributed by atoms with Crippen LogP contribution in [0.3, 0.4) is 0 Å². The summed E-state index contributed by atoms with van der Waals surface area (Å²) in [5.74, 6) is 1.50. The number of pyridine rings is 1. The van der Waals surface area contributed by atoms with E-state index in [4.69, 9.17) is 19.4 Å². The van der Waals surface area contributed by atoms with Crippen LogP contribution in [-0.4, -0.2) is 37.7 Å². The van der Waals surface area contributed by atoms with Gasteiger partial charge in [0.1, 0.15) is 31.5 Å². The minimum absolute atomic E-state index is 0.747. The van der Waals surface area contributed by atoms with E-state index in [1.54, 1.807) is 21.3 Å². The molecule has 170 valence electrons. The van der Waals surface area contributed by atoms with Gasteiger partial charge in [-0.25, -0.2) is 4.98 Å². The summed E-state index contributed by atoms with van der Waals surface area (Å²) in [5.41, 5.74) is 8.25. The van der Waals surface area contributed by atoms with Gasteiger partial charge in [0.2, 0.25) is 0 Å². The third-order valence-electron chi connectivity index (χ3n) is 5.86. The van der Waals surface area contributed by atoms with E-state index in [2.05, 4.69) is 21.7 Å². The van der Waals surface area contributed by atoms with Crippen molar-refractivity contribution in [1.82, 2.24) is 4.98 Å². The summed E-state index contributed by atoms with van der Waals surface area (Å²) >= 11 is 0. The Bertz CT molecular complexity index is 1440. The van der Waals surface area contributed by atoms with Crippen LogP contribution in [0.5, 0.6) is 5.75 Å². The lowest BCUT2D eigenvalue weighted by atomic mass is 10.0. The molecule has 1 N–H and O–H groups in total. The van der Waals surface area contributed by atoms with Crippen LogP contribution in [0.1, 0.15) is 23.6 Å². The number of nitrogens with one attached hydrogen (secondary N) is 1. The second-order valence-electron chi connectivity index (χ2n) is 7.82. The molecule has 34 heavy (non-hydrogen) atoms. The fourth-order valence-electron chi connectivity index (χ4n) is 4.32. The first-order chi connectivity index (χ1) is 16.6. The van der Waals surface area contributed by atoms with E-state index in [0.717, 1.165) is 67.4 Å². The quantitative estimate of drug-likeness (QED) is 0.263. The Morgan fingerprint density at radius 1 is 0.853 bits per heavy atom. The second kappa shape index (κ2) is 8.86. The topological polar surface area (TPSA) is 77.3 Å². The minimum Gasteiger partial charge on any atom is -0.497 e. The van der Waals surface area contributed by atoms with Crippen LogP contribution in [0.2, 0.25) is 0 Å². The van der Waals surface area contributed by atoms with Crippen molar-refractivity contribution in [1.29, 1.82) is 0 Å². The van der Waals surface area contributed by atoms with E-state index < -0.39 is 0 Å². The summed E-state index contributed by atoms with van der Waals surface area (Å²) in [6.07, 6.45) is 0. The average Bonchev–Trinajstić information content (AvgIpc) is 3.19. The van der Waals surface area contributed by atoms with Gasteiger partial charge in [0.15, 0.2) is 0 Å². The predicted molar refractivity (Wildman–Crippen MR) is 135 cm³/mol. The molecule has 7 nitrogen and oxygen atoms in total. The predicted octanol–water partition coefficient (Wildman–Crippen LogP) is 5.74. The smallest absolute Gasteiger partial charge is 0.139 e. The highest BCUT2D eigenvalue weighted by molar-refractivity contribution is 6.31. The van der Waals surface area contributed by atoms with Gasteiger partial charge in [-0.2, -0.15) is 0 Å². The number of rotatable bonds is 6. The lowest BCUT2D eigenvalue weighted by Gasteiger charge is -2.14. The Balaban J connectivity index is 1.69. The van der Waals surface area contributed by atoms with E-state index in [9.17, 15) is 0 Å². The molecule has 1 aliphatic carbocycles. The Labute approximate surface area is 197 Å². The number of benzene rings is 3. The molecule has 0 unspecified atom stereocenters. The second-order valence-corrected chi connectivity index (χ2v) is 7.82. The zero-order valence-electron chi connectivity index (χ0n) is 19.4. The average molecular weight is 453 g/mol. The molecule has 0 saturated carbocycles. The van der Waals surface area contributed by atoms with Crippen molar-refractivity contribution in [3.63, 3.8) is 0 Å². The first-order valence-electron chi connectivity index (χ1n) is 10.8. The van der Waals surface area contributed by atoms with Gasteiger partial charge >= 0.3 is 0 Å². The standard InChI is InChI=1S/C27H24N4O3/c1-16(30-33-3)17-9-11-18(12-10-17)28-27-25-20-14-13-19(32-2)15-22(20)26(31-34-4)24(25)21-7-5-6-8-23(21)29-27/h5-15H,1-4H3,(H,28,29)/b30-16+,31-26-. The molecule has 4 aromatic rings. The van der Waals surface area contributed by atoms with Crippen molar-refractivity contribution in [3.05, 3.63) is 83.4 Å². The third-order valence-corrected chi connectivity index (χ3v) is 5.86. The first kappa shape index (κ1) is 21.5. The summed E-state index contributed by atoms with van der Waals surface area (Å²) in [7, 11) is 4.76. The molecular formula is C27H24N4O3. The molecule has 1 aromatic heterocycles. The van der Waals surface area contributed by atoms with Gasteiger partial charge in [-0.15, -0.1) is 0 Å². The maximum Gasteiger partial charge on any atom is 0.139 e. The van der Waals surface area contributed by atoms with E-state index in [1.165, 1.54) is 0 Å². The number of ether oxygens (including phenoxy) is 1. The summed E-state index contributed by atoms with van der Waals surface area (Å²) in [6.45, 7) is 1.91. The van der Waals surface area contributed by atoms with Gasteiger partial charge in [0, 0.05) is 27.8 Å². The van der Waals surface area contributed by atoms with E-state index >= 15 is 0 Å². The lowest BCUT2D eigenvalue weighted by Crippen LogP contribution is -2.03. The number of hydrogen-bond donors (Lipinski definition) is 1. The Morgan fingerprint density at radius 2 is 1.65 bits per heavy atom. The highest BCUT2D eigenvalue weighted by Crippen LogP contribution is 2.46. The Hall–Kier alpha value is -4.39. The maximum atomic E-state index is 5.48. The van der Waals surface area contributed by atoms with Gasteiger partial charge in [-0.1, -0.05) is 40.6 Å². The van der Waals surface area contributed by atoms with Crippen LogP contribution in [0.25, 0.3) is 22.0 Å². The fourth-order valence-corrected chi connectivity index (χ4v) is 4.32. The zero-order chi connectivity index (χ0) is 23.7. The van der Waals surface area contributed by atoms with Crippen molar-refractivity contribution in [2.45, 2.75) is 6.92 Å². The first-order valence-corrected chi connectivity index (χ1v) is 10.8. The number of para-hydroxylation sites is 1. The van der Waals surface area contributed by atoms with Crippen molar-refractivity contribution in [2.24, 2.45) is 10.3 Å². The number of oxime groups is 2. The van der Waals surface area contributed by atoms with Crippen molar-refractivity contribution in [2.75, 3.05) is 26.6 Å². The summed E-state index contributed by atoms with van der Waals surface area (Å²) in [4.78, 5) is 15.1. The largest absolute Gasteiger partial charge is 0.497 e. The molecule has 0 spiro atoms. The Morgan fingerprint density at radius 3 is 2.38 bits per heavy atom. The fraction of sp³-hybridized carbons (Fsp3) is 0.148. The monoisotopic (exact) mass is 452 g/mol. The number of hydrogen-bond acceptors (Lipinski definition) is 7. The van der Waals surface area contributed by atoms with Gasteiger partial charge in [-0.05, 0) is 54.4 Å². The minimum atomic E-state index is 0.747. The molecule has 0 atom stereocenters. The molecule has 0 aliphatic heterocycles. The highest BCUT2D eigenvalue weighted by Gasteiger charge is 2.32. The molecular weight excluding hydrogens is 428 g/mol. The molecule has 1 aliphatic rings. The number of anilines is 2. The Kier molecular flexibility index (Phi) is 5.59. The molecule has 7 heteroatoms. The normalized spacial score (nSPS) is 13.5. The van der Waals surface area contributed by atoms with E-state index in [1.807, 2.05) is 67.6 Å². The van der Waals surface area contributed by atoms with E-state index in [-0.39, 0.29) is 0 Å². The van der Waals surface area contributed by atoms with Crippen molar-refractivity contribution < 1.29 is 14.4 Å². The van der Waals surface area contributed by atoms with Crippen LogP contribution < -0.4 is 10.1 Å². The van der Waals surface area contributed by atoms with E-state index in [0.29, 0.717) is 0 Å². The summed E-state index contributed by atoms with van der Waals surface area (Å²) in [6, 6.07) is 22.0. The summed E-state index contributed by atoms with van der Waals surface area (Å²) < 4.78 is 5.48. The van der Waals surface area contributed by atoms with Crippen LogP contribution in [0.4, 0.5) is 11.5 Å². The molecule has 0 amide bonds. The van der Waals surface area contributed by atoms with Gasteiger partial charge < -0.3 is 19.7 Å². The summed E-state index contributed by atoms with van der Waals surface area (Å²) in [5, 5.41) is 12.9. The van der Waals surface area contributed by atoms with Crippen LogP contribution >= 0.6 is 0 Å². The van der Waals surface area contributed by atoms with Crippen molar-refractivity contribution >= 4 is 33.8 Å². The third kappa shape index (κ3) is 3.61. The highest BCUT2D eigenvalue weighted by atomic mass is 16.6. The number of methoxy groups -OCH3 is 1. The molecule has 0 saturated heterocycles. The SMILES string of the molecule is CO/N=C1/c2cc(OC)ccc2-c2c(Nc3ccc(/C(C)=N/OC)cc3)nc3ccccc3c21. The lowest BCUT2D eigenvalue weighted by molar-refractivity contribution is 0.213. The molecule has 3 aromatic carbocycles. The zero-order valence-corrected chi connectivity index (χ0v) is 19.4. The molecule has 0 bridgehead atoms. The molecule has 1 heterocycles. The molecule has 0 fully saturated rings. The number of aromatic nitrogens is 1.